The Morgan fingerprint density at radius 2 is 2.14 bits per heavy atom. The molecule has 1 aliphatic carbocycles. The molecule has 1 aromatic rings. The highest BCUT2D eigenvalue weighted by Crippen LogP contribution is 2.39. The zero-order valence-electron chi connectivity index (χ0n) is 13.2. The lowest BCUT2D eigenvalue weighted by Gasteiger charge is -2.27. The lowest BCUT2D eigenvalue weighted by atomic mass is 9.82. The van der Waals surface area contributed by atoms with Crippen molar-refractivity contribution in [2.24, 2.45) is 5.41 Å². The van der Waals surface area contributed by atoms with E-state index < -0.39 is 0 Å². The van der Waals surface area contributed by atoms with E-state index in [9.17, 15) is 0 Å². The van der Waals surface area contributed by atoms with E-state index in [-0.39, 0.29) is 0 Å². The summed E-state index contributed by atoms with van der Waals surface area (Å²) in [5, 5.41) is 4.32. The van der Waals surface area contributed by atoms with Crippen molar-refractivity contribution in [1.82, 2.24) is 10.3 Å². The standard InChI is InChI=1S/C17H26ClN3/c1-3-17(4-2)7-8-21(12-17)16-9-13(15(18)11-20-16)10-19-14-5-6-14/h9,11,14,19H,3-8,10,12H2,1-2H3. The Kier molecular flexibility index (Phi) is 4.41. The van der Waals surface area contributed by atoms with Crippen LogP contribution in [-0.4, -0.2) is 24.1 Å². The summed E-state index contributed by atoms with van der Waals surface area (Å²) in [6, 6.07) is 2.89. The molecule has 1 aliphatic heterocycles. The van der Waals surface area contributed by atoms with Gasteiger partial charge in [-0.05, 0) is 49.1 Å². The Morgan fingerprint density at radius 3 is 2.76 bits per heavy atom. The summed E-state index contributed by atoms with van der Waals surface area (Å²) in [6.07, 6.45) is 8.21. The Balaban J connectivity index is 1.71. The Morgan fingerprint density at radius 1 is 1.38 bits per heavy atom. The molecule has 1 saturated heterocycles. The van der Waals surface area contributed by atoms with Crippen molar-refractivity contribution < 1.29 is 0 Å². The van der Waals surface area contributed by atoms with E-state index in [0.717, 1.165) is 30.5 Å². The first-order valence-electron chi connectivity index (χ1n) is 8.28. The molecule has 2 fully saturated rings. The van der Waals surface area contributed by atoms with Gasteiger partial charge < -0.3 is 10.2 Å². The number of aromatic nitrogens is 1. The normalized spacial score (nSPS) is 21.0. The number of nitrogens with zero attached hydrogens (tertiary/aromatic N) is 2. The maximum absolute atomic E-state index is 6.30. The van der Waals surface area contributed by atoms with Crippen molar-refractivity contribution in [2.75, 3.05) is 18.0 Å². The van der Waals surface area contributed by atoms with E-state index in [1.54, 1.807) is 0 Å². The van der Waals surface area contributed by atoms with Crippen LogP contribution in [0.5, 0.6) is 0 Å². The largest absolute Gasteiger partial charge is 0.356 e. The maximum atomic E-state index is 6.30. The van der Waals surface area contributed by atoms with Gasteiger partial charge in [-0.15, -0.1) is 0 Å². The van der Waals surface area contributed by atoms with Crippen molar-refractivity contribution in [3.05, 3.63) is 22.8 Å². The number of hydrogen-bond acceptors (Lipinski definition) is 3. The van der Waals surface area contributed by atoms with E-state index in [1.807, 2.05) is 6.20 Å². The minimum atomic E-state index is 0.480. The van der Waals surface area contributed by atoms with Crippen LogP contribution in [0.4, 0.5) is 5.82 Å². The molecule has 0 atom stereocenters. The van der Waals surface area contributed by atoms with Crippen molar-refractivity contribution in [1.29, 1.82) is 0 Å². The molecule has 3 nitrogen and oxygen atoms in total. The molecule has 0 aromatic carbocycles. The van der Waals surface area contributed by atoms with Gasteiger partial charge in [0.1, 0.15) is 5.82 Å². The van der Waals surface area contributed by atoms with Crippen molar-refractivity contribution in [3.8, 4) is 0 Å². The van der Waals surface area contributed by atoms with E-state index in [0.29, 0.717) is 11.5 Å². The quantitative estimate of drug-likeness (QED) is 0.861. The number of nitrogens with one attached hydrogen (secondary N) is 1. The summed E-state index contributed by atoms with van der Waals surface area (Å²) in [4.78, 5) is 7.00. The van der Waals surface area contributed by atoms with Crippen LogP contribution in [0.25, 0.3) is 0 Å². The molecule has 0 spiro atoms. The summed E-state index contributed by atoms with van der Waals surface area (Å²) in [5.41, 5.74) is 1.66. The first-order chi connectivity index (χ1) is 10.2. The molecule has 3 rings (SSSR count). The maximum Gasteiger partial charge on any atom is 0.128 e. The van der Waals surface area contributed by atoms with Gasteiger partial charge in [-0.2, -0.15) is 0 Å². The summed E-state index contributed by atoms with van der Waals surface area (Å²) in [5.74, 6) is 1.09. The highest BCUT2D eigenvalue weighted by molar-refractivity contribution is 6.31. The molecule has 0 radical (unpaired) electrons. The predicted molar refractivity (Wildman–Crippen MR) is 89.0 cm³/mol. The molecule has 0 bridgehead atoms. The van der Waals surface area contributed by atoms with Gasteiger partial charge in [0.25, 0.3) is 0 Å². The second-order valence-electron chi connectivity index (χ2n) is 6.67. The van der Waals surface area contributed by atoms with Gasteiger partial charge in [-0.25, -0.2) is 4.98 Å². The van der Waals surface area contributed by atoms with Gasteiger partial charge in [-0.1, -0.05) is 25.4 Å². The number of pyridine rings is 1. The lowest BCUT2D eigenvalue weighted by Crippen LogP contribution is -2.27. The van der Waals surface area contributed by atoms with Crippen LogP contribution in [-0.2, 0) is 6.54 Å². The monoisotopic (exact) mass is 307 g/mol. The Hall–Kier alpha value is -0.800. The number of anilines is 1. The highest BCUT2D eigenvalue weighted by atomic mass is 35.5. The lowest BCUT2D eigenvalue weighted by molar-refractivity contribution is 0.301. The van der Waals surface area contributed by atoms with Gasteiger partial charge in [0.2, 0.25) is 0 Å². The molecule has 21 heavy (non-hydrogen) atoms. The summed E-state index contributed by atoms with van der Waals surface area (Å²) in [7, 11) is 0. The molecule has 0 unspecified atom stereocenters. The van der Waals surface area contributed by atoms with Crippen LogP contribution in [0.2, 0.25) is 5.02 Å². The third-order valence-electron chi connectivity index (χ3n) is 5.34. The fourth-order valence-electron chi connectivity index (χ4n) is 3.28. The first-order valence-corrected chi connectivity index (χ1v) is 8.66. The van der Waals surface area contributed by atoms with E-state index in [4.69, 9.17) is 11.6 Å². The number of hydrogen-bond donors (Lipinski definition) is 1. The van der Waals surface area contributed by atoms with Gasteiger partial charge in [0, 0.05) is 31.9 Å². The average Bonchev–Trinajstić information content (AvgIpc) is 3.24. The minimum Gasteiger partial charge on any atom is -0.356 e. The Bertz CT molecular complexity index is 495. The van der Waals surface area contributed by atoms with Gasteiger partial charge >= 0.3 is 0 Å². The molecule has 2 heterocycles. The molecule has 0 amide bonds. The second kappa shape index (κ2) is 6.13. The molecule has 116 valence electrons. The van der Waals surface area contributed by atoms with Crippen LogP contribution < -0.4 is 10.2 Å². The van der Waals surface area contributed by atoms with Crippen LogP contribution in [0.15, 0.2) is 12.3 Å². The topological polar surface area (TPSA) is 28.2 Å². The van der Waals surface area contributed by atoms with Gasteiger partial charge in [0.15, 0.2) is 0 Å². The Labute approximate surface area is 133 Å². The first kappa shape index (κ1) is 15.1. The smallest absolute Gasteiger partial charge is 0.128 e. The van der Waals surface area contributed by atoms with Crippen LogP contribution in [0.1, 0.15) is 51.5 Å². The molecule has 2 aliphatic rings. The third kappa shape index (κ3) is 3.35. The summed E-state index contributed by atoms with van der Waals surface area (Å²) in [6.45, 7) is 7.73. The molecule has 1 N–H and O–H groups in total. The summed E-state index contributed by atoms with van der Waals surface area (Å²) < 4.78 is 0. The highest BCUT2D eigenvalue weighted by Gasteiger charge is 2.35. The molecule has 1 saturated carbocycles. The zero-order chi connectivity index (χ0) is 14.9. The second-order valence-corrected chi connectivity index (χ2v) is 7.07. The van der Waals surface area contributed by atoms with E-state index in [2.05, 4.69) is 35.1 Å². The van der Waals surface area contributed by atoms with E-state index in [1.165, 1.54) is 37.7 Å². The number of halogens is 1. The molecular weight excluding hydrogens is 282 g/mol. The van der Waals surface area contributed by atoms with Gasteiger partial charge in [-0.3, -0.25) is 0 Å². The fraction of sp³-hybridized carbons (Fsp3) is 0.706. The third-order valence-corrected chi connectivity index (χ3v) is 5.68. The molecular formula is C17H26ClN3. The van der Waals surface area contributed by atoms with Crippen LogP contribution in [0, 0.1) is 5.41 Å². The SMILES string of the molecule is CCC1(CC)CCN(c2cc(CNC3CC3)c(Cl)cn2)C1. The van der Waals surface area contributed by atoms with E-state index >= 15 is 0 Å². The predicted octanol–water partition coefficient (Wildman–Crippen LogP) is 4.00. The van der Waals surface area contributed by atoms with Crippen molar-refractivity contribution in [2.45, 2.75) is 58.5 Å². The van der Waals surface area contributed by atoms with Gasteiger partial charge in [0.05, 0.1) is 5.02 Å². The summed E-state index contributed by atoms with van der Waals surface area (Å²) >= 11 is 6.30. The zero-order valence-corrected chi connectivity index (χ0v) is 13.9. The van der Waals surface area contributed by atoms with Crippen molar-refractivity contribution >= 4 is 17.4 Å². The number of rotatable bonds is 6. The fourth-order valence-corrected chi connectivity index (χ4v) is 3.45. The average molecular weight is 308 g/mol. The minimum absolute atomic E-state index is 0.480. The molecule has 4 heteroatoms. The molecule has 1 aromatic heterocycles. The van der Waals surface area contributed by atoms with Crippen LogP contribution >= 0.6 is 11.6 Å². The van der Waals surface area contributed by atoms with Crippen molar-refractivity contribution in [3.63, 3.8) is 0 Å². The van der Waals surface area contributed by atoms with Crippen LogP contribution in [0.3, 0.4) is 0 Å².